The fourth-order valence-electron chi connectivity index (χ4n) is 1.71. The minimum atomic E-state index is -0.400. The first kappa shape index (κ1) is 16.5. The summed E-state index contributed by atoms with van der Waals surface area (Å²) in [6.07, 6.45) is 1.58. The first-order valence-corrected chi connectivity index (χ1v) is 6.85. The Morgan fingerprint density at radius 1 is 1.20 bits per heavy atom. The van der Waals surface area contributed by atoms with Gasteiger partial charge in [-0.25, -0.2) is 14.8 Å². The average Bonchev–Trinajstić information content (AvgIpc) is 2.39. The Hall–Kier alpha value is -1.53. The number of esters is 1. The SMILES string of the molecule is CCOC(=O)c1cnc(CC(OCC)OCC)nc1C. The van der Waals surface area contributed by atoms with Gasteiger partial charge in [-0.1, -0.05) is 0 Å². The molecule has 0 radical (unpaired) electrons. The van der Waals surface area contributed by atoms with Crippen LogP contribution in [0.25, 0.3) is 0 Å². The molecule has 0 saturated carbocycles. The summed E-state index contributed by atoms with van der Waals surface area (Å²) in [4.78, 5) is 20.1. The van der Waals surface area contributed by atoms with E-state index in [0.717, 1.165) is 0 Å². The minimum absolute atomic E-state index is 0.330. The van der Waals surface area contributed by atoms with Crippen LogP contribution >= 0.6 is 0 Å². The van der Waals surface area contributed by atoms with Gasteiger partial charge in [-0.2, -0.15) is 0 Å². The number of nitrogens with zero attached hydrogens (tertiary/aromatic N) is 2. The molecule has 0 bridgehead atoms. The highest BCUT2D eigenvalue weighted by Gasteiger charge is 2.15. The van der Waals surface area contributed by atoms with E-state index in [-0.39, 0.29) is 6.29 Å². The fraction of sp³-hybridized carbons (Fsp3) is 0.643. The Bertz CT molecular complexity index is 431. The minimum Gasteiger partial charge on any atom is -0.462 e. The molecule has 1 rings (SSSR count). The Kier molecular flexibility index (Phi) is 7.11. The average molecular weight is 282 g/mol. The standard InChI is InChI=1S/C14H22N2O4/c1-5-18-13(19-6-2)8-12-15-9-11(10(4)16-12)14(17)20-7-3/h9,13H,5-8H2,1-4H3. The number of carbonyl (C=O) groups is 1. The van der Waals surface area contributed by atoms with Crippen LogP contribution in [0.15, 0.2) is 6.20 Å². The van der Waals surface area contributed by atoms with Crippen molar-refractivity contribution in [1.29, 1.82) is 0 Å². The molecule has 0 aliphatic carbocycles. The second-order valence-corrected chi connectivity index (χ2v) is 4.05. The summed E-state index contributed by atoms with van der Waals surface area (Å²) in [6.45, 7) is 8.78. The van der Waals surface area contributed by atoms with Crippen LogP contribution < -0.4 is 0 Å². The van der Waals surface area contributed by atoms with Crippen molar-refractivity contribution in [2.75, 3.05) is 19.8 Å². The molecule has 0 amide bonds. The second-order valence-electron chi connectivity index (χ2n) is 4.05. The van der Waals surface area contributed by atoms with Crippen molar-refractivity contribution < 1.29 is 19.0 Å². The molecule has 0 aliphatic rings. The van der Waals surface area contributed by atoms with Crippen molar-refractivity contribution in [2.24, 2.45) is 0 Å². The highest BCUT2D eigenvalue weighted by Crippen LogP contribution is 2.09. The normalized spacial score (nSPS) is 10.8. The van der Waals surface area contributed by atoms with E-state index in [2.05, 4.69) is 9.97 Å². The Morgan fingerprint density at radius 2 is 1.85 bits per heavy atom. The van der Waals surface area contributed by atoms with E-state index in [9.17, 15) is 4.79 Å². The number of rotatable bonds is 8. The zero-order valence-electron chi connectivity index (χ0n) is 12.5. The Labute approximate surface area is 119 Å². The van der Waals surface area contributed by atoms with Gasteiger partial charge < -0.3 is 14.2 Å². The Morgan fingerprint density at radius 3 is 2.35 bits per heavy atom. The van der Waals surface area contributed by atoms with Crippen molar-refractivity contribution in [3.05, 3.63) is 23.3 Å². The van der Waals surface area contributed by atoms with Crippen LogP contribution in [-0.2, 0) is 20.6 Å². The fourth-order valence-corrected chi connectivity index (χ4v) is 1.71. The van der Waals surface area contributed by atoms with Gasteiger partial charge in [0.05, 0.1) is 24.3 Å². The molecule has 0 atom stereocenters. The number of carbonyl (C=O) groups excluding carboxylic acids is 1. The second kappa shape index (κ2) is 8.60. The molecular weight excluding hydrogens is 260 g/mol. The molecule has 0 N–H and O–H groups in total. The van der Waals surface area contributed by atoms with Gasteiger partial charge in [-0.3, -0.25) is 0 Å². The zero-order chi connectivity index (χ0) is 15.0. The van der Waals surface area contributed by atoms with Gasteiger partial charge in [0, 0.05) is 19.4 Å². The lowest BCUT2D eigenvalue weighted by Gasteiger charge is -2.16. The molecule has 0 fully saturated rings. The summed E-state index contributed by atoms with van der Waals surface area (Å²) in [6, 6.07) is 0. The van der Waals surface area contributed by atoms with E-state index in [1.807, 2.05) is 13.8 Å². The van der Waals surface area contributed by atoms with Crippen LogP contribution in [0.3, 0.4) is 0 Å². The van der Waals surface area contributed by atoms with E-state index >= 15 is 0 Å². The third-order valence-corrected chi connectivity index (χ3v) is 2.58. The maximum Gasteiger partial charge on any atom is 0.341 e. The van der Waals surface area contributed by atoms with Gasteiger partial charge in [0.15, 0.2) is 6.29 Å². The number of aromatic nitrogens is 2. The van der Waals surface area contributed by atoms with E-state index in [1.165, 1.54) is 6.20 Å². The van der Waals surface area contributed by atoms with Crippen LogP contribution in [0.4, 0.5) is 0 Å². The lowest BCUT2D eigenvalue weighted by molar-refractivity contribution is -0.135. The molecule has 20 heavy (non-hydrogen) atoms. The quantitative estimate of drug-likeness (QED) is 0.536. The summed E-state index contributed by atoms with van der Waals surface area (Å²) in [7, 11) is 0. The maximum atomic E-state index is 11.7. The van der Waals surface area contributed by atoms with Gasteiger partial charge >= 0.3 is 5.97 Å². The highest BCUT2D eigenvalue weighted by molar-refractivity contribution is 5.90. The maximum absolute atomic E-state index is 11.7. The lowest BCUT2D eigenvalue weighted by Crippen LogP contribution is -2.22. The smallest absolute Gasteiger partial charge is 0.341 e. The monoisotopic (exact) mass is 282 g/mol. The molecule has 0 saturated heterocycles. The molecule has 1 heterocycles. The van der Waals surface area contributed by atoms with Crippen LogP contribution in [0.5, 0.6) is 0 Å². The topological polar surface area (TPSA) is 70.5 Å². The lowest BCUT2D eigenvalue weighted by atomic mass is 10.2. The van der Waals surface area contributed by atoms with Gasteiger partial charge in [-0.15, -0.1) is 0 Å². The predicted octanol–water partition coefficient (Wildman–Crippen LogP) is 1.90. The summed E-state index contributed by atoms with van der Waals surface area (Å²) in [5.74, 6) is 0.185. The largest absolute Gasteiger partial charge is 0.462 e. The van der Waals surface area contributed by atoms with Crippen molar-refractivity contribution >= 4 is 5.97 Å². The van der Waals surface area contributed by atoms with Crippen molar-refractivity contribution in [1.82, 2.24) is 9.97 Å². The number of hydrogen-bond donors (Lipinski definition) is 0. The van der Waals surface area contributed by atoms with Crippen LogP contribution in [0.2, 0.25) is 0 Å². The van der Waals surface area contributed by atoms with Crippen LogP contribution in [0.1, 0.15) is 42.6 Å². The molecule has 6 nitrogen and oxygen atoms in total. The summed E-state index contributed by atoms with van der Waals surface area (Å²) in [5.41, 5.74) is 0.986. The van der Waals surface area contributed by atoms with Gasteiger partial charge in [-0.05, 0) is 27.7 Å². The van der Waals surface area contributed by atoms with E-state index in [4.69, 9.17) is 14.2 Å². The molecule has 0 unspecified atom stereocenters. The molecule has 112 valence electrons. The molecule has 6 heteroatoms. The van der Waals surface area contributed by atoms with Crippen molar-refractivity contribution in [2.45, 2.75) is 40.4 Å². The summed E-state index contributed by atoms with van der Waals surface area (Å²) in [5, 5.41) is 0. The molecule has 0 spiro atoms. The van der Waals surface area contributed by atoms with Crippen molar-refractivity contribution in [3.63, 3.8) is 0 Å². The van der Waals surface area contributed by atoms with Crippen LogP contribution in [0, 0.1) is 6.92 Å². The number of ether oxygens (including phenoxy) is 3. The van der Waals surface area contributed by atoms with Crippen molar-refractivity contribution in [3.8, 4) is 0 Å². The van der Waals surface area contributed by atoms with E-state index in [1.54, 1.807) is 13.8 Å². The highest BCUT2D eigenvalue weighted by atomic mass is 16.7. The first-order chi connectivity index (χ1) is 9.62. The molecule has 0 aromatic carbocycles. The van der Waals surface area contributed by atoms with E-state index < -0.39 is 5.97 Å². The number of hydrogen-bond acceptors (Lipinski definition) is 6. The summed E-state index contributed by atoms with van der Waals surface area (Å²) < 4.78 is 15.8. The number of aryl methyl sites for hydroxylation is 1. The van der Waals surface area contributed by atoms with Gasteiger partial charge in [0.25, 0.3) is 0 Å². The predicted molar refractivity (Wildman–Crippen MR) is 73.5 cm³/mol. The molecule has 1 aromatic rings. The molecule has 1 aromatic heterocycles. The third kappa shape index (κ3) is 4.86. The third-order valence-electron chi connectivity index (χ3n) is 2.58. The zero-order valence-corrected chi connectivity index (χ0v) is 12.5. The summed E-state index contributed by atoms with van der Waals surface area (Å²) >= 11 is 0. The molecule has 0 aliphatic heterocycles. The van der Waals surface area contributed by atoms with Crippen LogP contribution in [-0.4, -0.2) is 42.0 Å². The Balaban J connectivity index is 2.77. The first-order valence-electron chi connectivity index (χ1n) is 6.85. The molecular formula is C14H22N2O4. The van der Waals surface area contributed by atoms with Gasteiger partial charge in [0.1, 0.15) is 5.82 Å². The van der Waals surface area contributed by atoms with Gasteiger partial charge in [0.2, 0.25) is 0 Å². The van der Waals surface area contributed by atoms with E-state index in [0.29, 0.717) is 43.3 Å².